The fourth-order valence-electron chi connectivity index (χ4n) is 2.94. The van der Waals surface area contributed by atoms with Crippen molar-refractivity contribution in [1.82, 2.24) is 9.97 Å². The number of rotatable bonds is 5. The maximum absolute atomic E-state index is 5.41. The monoisotopic (exact) mass is 328 g/mol. The van der Waals surface area contributed by atoms with Gasteiger partial charge >= 0.3 is 0 Å². The van der Waals surface area contributed by atoms with E-state index in [0.717, 1.165) is 41.9 Å². The van der Waals surface area contributed by atoms with Crippen LogP contribution in [0, 0.1) is 0 Å². The molecule has 0 unspecified atom stereocenters. The summed E-state index contributed by atoms with van der Waals surface area (Å²) in [5.41, 5.74) is 0.817. The second-order valence-corrected chi connectivity index (χ2v) is 5.85. The number of anilines is 3. The molecule has 0 amide bonds. The summed E-state index contributed by atoms with van der Waals surface area (Å²) in [5.74, 6) is 3.22. The van der Waals surface area contributed by atoms with Crippen molar-refractivity contribution in [1.29, 1.82) is 0 Å². The minimum absolute atomic E-state index is 0.741. The third-order valence-electron chi connectivity index (χ3n) is 4.25. The van der Waals surface area contributed by atoms with Crippen LogP contribution in [-0.4, -0.2) is 37.3 Å². The van der Waals surface area contributed by atoms with Crippen LogP contribution in [0.25, 0.3) is 0 Å². The third kappa shape index (κ3) is 3.88. The molecule has 1 N–H and O–H groups in total. The first-order chi connectivity index (χ1) is 11.8. The number of aromatic nitrogens is 2. The second kappa shape index (κ2) is 7.86. The zero-order valence-corrected chi connectivity index (χ0v) is 14.3. The lowest BCUT2D eigenvalue weighted by Crippen LogP contribution is -2.25. The molecule has 0 radical (unpaired) electrons. The van der Waals surface area contributed by atoms with Crippen LogP contribution in [0.3, 0.4) is 0 Å². The highest BCUT2D eigenvalue weighted by Crippen LogP contribution is 2.31. The van der Waals surface area contributed by atoms with Crippen LogP contribution in [0.2, 0.25) is 0 Å². The molecule has 0 spiro atoms. The number of ether oxygens (including phenoxy) is 2. The number of hydrogen-bond acceptors (Lipinski definition) is 6. The second-order valence-electron chi connectivity index (χ2n) is 5.85. The Morgan fingerprint density at radius 1 is 0.958 bits per heavy atom. The van der Waals surface area contributed by atoms with Gasteiger partial charge in [-0.1, -0.05) is 12.8 Å². The number of nitrogens with one attached hydrogen (secondary N) is 1. The molecule has 24 heavy (non-hydrogen) atoms. The van der Waals surface area contributed by atoms with Crippen molar-refractivity contribution in [3.05, 3.63) is 30.6 Å². The molecule has 2 aromatic rings. The standard InChI is InChI=1S/C18H24N4O2/c1-23-14-7-8-16(24-2)15(11-14)21-17-12-18(20-13-19-17)22-9-5-3-4-6-10-22/h7-8,11-13H,3-6,9-10H2,1-2H3,(H,19,20,21). The molecule has 1 fully saturated rings. The van der Waals surface area contributed by atoms with Gasteiger partial charge in [0, 0.05) is 25.2 Å². The van der Waals surface area contributed by atoms with E-state index in [1.54, 1.807) is 20.5 Å². The van der Waals surface area contributed by atoms with E-state index >= 15 is 0 Å². The molecule has 0 saturated carbocycles. The molecule has 2 heterocycles. The average Bonchev–Trinajstić information content (AvgIpc) is 2.91. The van der Waals surface area contributed by atoms with Crippen molar-refractivity contribution in [3.8, 4) is 11.5 Å². The third-order valence-corrected chi connectivity index (χ3v) is 4.25. The maximum Gasteiger partial charge on any atom is 0.142 e. The topological polar surface area (TPSA) is 59.5 Å². The minimum Gasteiger partial charge on any atom is -0.497 e. The molecule has 3 rings (SSSR count). The van der Waals surface area contributed by atoms with Crippen LogP contribution in [0.15, 0.2) is 30.6 Å². The highest BCUT2D eigenvalue weighted by molar-refractivity contribution is 5.67. The first kappa shape index (κ1) is 16.4. The smallest absolute Gasteiger partial charge is 0.142 e. The van der Waals surface area contributed by atoms with Gasteiger partial charge in [-0.05, 0) is 25.0 Å². The van der Waals surface area contributed by atoms with E-state index in [1.165, 1.54) is 25.7 Å². The lowest BCUT2D eigenvalue weighted by molar-refractivity contribution is 0.405. The van der Waals surface area contributed by atoms with Crippen LogP contribution in [0.1, 0.15) is 25.7 Å². The van der Waals surface area contributed by atoms with Crippen LogP contribution >= 0.6 is 0 Å². The normalized spacial score (nSPS) is 14.8. The average molecular weight is 328 g/mol. The lowest BCUT2D eigenvalue weighted by atomic mass is 10.2. The van der Waals surface area contributed by atoms with Gasteiger partial charge in [-0.25, -0.2) is 9.97 Å². The van der Waals surface area contributed by atoms with Gasteiger partial charge < -0.3 is 19.7 Å². The van der Waals surface area contributed by atoms with Crippen molar-refractivity contribution in [2.75, 3.05) is 37.5 Å². The van der Waals surface area contributed by atoms with Crippen molar-refractivity contribution >= 4 is 17.3 Å². The van der Waals surface area contributed by atoms with Gasteiger partial charge in [-0.3, -0.25) is 0 Å². The van der Waals surface area contributed by atoms with E-state index in [4.69, 9.17) is 9.47 Å². The molecule has 1 saturated heterocycles. The molecule has 0 bridgehead atoms. The van der Waals surface area contributed by atoms with Gasteiger partial charge in [0.15, 0.2) is 0 Å². The predicted molar refractivity (Wildman–Crippen MR) is 95.5 cm³/mol. The van der Waals surface area contributed by atoms with Crippen molar-refractivity contribution < 1.29 is 9.47 Å². The van der Waals surface area contributed by atoms with E-state index in [9.17, 15) is 0 Å². The molecule has 1 aromatic heterocycles. The maximum atomic E-state index is 5.41. The summed E-state index contributed by atoms with van der Waals surface area (Å²) in [7, 11) is 3.29. The minimum atomic E-state index is 0.741. The molecular weight excluding hydrogens is 304 g/mol. The quantitative estimate of drug-likeness (QED) is 0.904. The molecule has 128 valence electrons. The van der Waals surface area contributed by atoms with E-state index in [1.807, 2.05) is 24.3 Å². The largest absolute Gasteiger partial charge is 0.497 e. The Balaban J connectivity index is 1.81. The summed E-state index contributed by atoms with van der Waals surface area (Å²) in [6.45, 7) is 2.11. The van der Waals surface area contributed by atoms with Crippen molar-refractivity contribution in [3.63, 3.8) is 0 Å². The van der Waals surface area contributed by atoms with Gasteiger partial charge in [-0.15, -0.1) is 0 Å². The highest BCUT2D eigenvalue weighted by Gasteiger charge is 2.13. The molecule has 6 nitrogen and oxygen atoms in total. The summed E-state index contributed by atoms with van der Waals surface area (Å²) >= 11 is 0. The lowest BCUT2D eigenvalue weighted by Gasteiger charge is -2.21. The Hall–Kier alpha value is -2.50. The summed E-state index contributed by atoms with van der Waals surface area (Å²) in [6.07, 6.45) is 6.64. The van der Waals surface area contributed by atoms with Gasteiger partial charge in [0.05, 0.1) is 19.9 Å². The van der Waals surface area contributed by atoms with Crippen molar-refractivity contribution in [2.45, 2.75) is 25.7 Å². The predicted octanol–water partition coefficient (Wildman–Crippen LogP) is 3.62. The van der Waals surface area contributed by atoms with Gasteiger partial charge in [0.2, 0.25) is 0 Å². The van der Waals surface area contributed by atoms with E-state index in [2.05, 4.69) is 20.2 Å². The van der Waals surface area contributed by atoms with E-state index < -0.39 is 0 Å². The molecule has 1 aromatic carbocycles. The summed E-state index contributed by atoms with van der Waals surface area (Å²) in [6, 6.07) is 7.63. The Labute approximate surface area is 142 Å². The first-order valence-corrected chi connectivity index (χ1v) is 8.36. The Bertz CT molecular complexity index is 670. The molecule has 0 aliphatic carbocycles. The van der Waals surface area contributed by atoms with Crippen LogP contribution in [0.4, 0.5) is 17.3 Å². The van der Waals surface area contributed by atoms with Crippen LogP contribution < -0.4 is 19.7 Å². The highest BCUT2D eigenvalue weighted by atomic mass is 16.5. The van der Waals surface area contributed by atoms with E-state index in [0.29, 0.717) is 0 Å². The summed E-state index contributed by atoms with van der Waals surface area (Å²) < 4.78 is 10.7. The number of hydrogen-bond donors (Lipinski definition) is 1. The van der Waals surface area contributed by atoms with Crippen molar-refractivity contribution in [2.24, 2.45) is 0 Å². The molecule has 1 aliphatic heterocycles. The summed E-state index contributed by atoms with van der Waals surface area (Å²) in [4.78, 5) is 11.1. The number of benzene rings is 1. The molecule has 1 aliphatic rings. The zero-order valence-electron chi connectivity index (χ0n) is 14.3. The van der Waals surface area contributed by atoms with Gasteiger partial charge in [0.25, 0.3) is 0 Å². The van der Waals surface area contributed by atoms with Gasteiger partial charge in [0.1, 0.15) is 29.5 Å². The SMILES string of the molecule is COc1ccc(OC)c(Nc2cc(N3CCCCCC3)ncn2)c1. The van der Waals surface area contributed by atoms with Crippen LogP contribution in [0.5, 0.6) is 11.5 Å². The molecular formula is C18H24N4O2. The number of methoxy groups -OCH3 is 2. The Kier molecular flexibility index (Phi) is 5.36. The molecule has 6 heteroatoms. The fraction of sp³-hybridized carbons (Fsp3) is 0.444. The van der Waals surface area contributed by atoms with Crippen LogP contribution in [-0.2, 0) is 0 Å². The van der Waals surface area contributed by atoms with Gasteiger partial charge in [-0.2, -0.15) is 0 Å². The summed E-state index contributed by atoms with van der Waals surface area (Å²) in [5, 5.41) is 3.31. The Morgan fingerprint density at radius 2 is 1.75 bits per heavy atom. The molecule has 0 atom stereocenters. The zero-order chi connectivity index (χ0) is 16.8. The Morgan fingerprint density at radius 3 is 2.46 bits per heavy atom. The number of nitrogens with zero attached hydrogens (tertiary/aromatic N) is 3. The first-order valence-electron chi connectivity index (χ1n) is 8.36. The van der Waals surface area contributed by atoms with E-state index in [-0.39, 0.29) is 0 Å². The fourth-order valence-corrected chi connectivity index (χ4v) is 2.94.